The van der Waals surface area contributed by atoms with Gasteiger partial charge in [0.2, 0.25) is 0 Å². The fourth-order valence-electron chi connectivity index (χ4n) is 1.36. The van der Waals surface area contributed by atoms with Gasteiger partial charge in [-0.05, 0) is 19.4 Å². The number of ether oxygens (including phenoxy) is 1. The molecule has 1 aromatic heterocycles. The molecule has 13 heavy (non-hydrogen) atoms. The van der Waals surface area contributed by atoms with Crippen LogP contribution in [0.3, 0.4) is 0 Å². The van der Waals surface area contributed by atoms with Gasteiger partial charge in [-0.15, -0.1) is 0 Å². The lowest BCUT2D eigenvalue weighted by atomic mass is 10.1. The summed E-state index contributed by atoms with van der Waals surface area (Å²) in [6.07, 6.45) is 2.53. The quantitative estimate of drug-likeness (QED) is 0.824. The minimum atomic E-state index is 0.260. The molecule has 0 aromatic carbocycles. The van der Waals surface area contributed by atoms with Crippen molar-refractivity contribution in [2.24, 2.45) is 0 Å². The van der Waals surface area contributed by atoms with Gasteiger partial charge < -0.3 is 10.1 Å². The smallest absolute Gasteiger partial charge is 0.274 e. The summed E-state index contributed by atoms with van der Waals surface area (Å²) in [5.41, 5.74) is 0. The van der Waals surface area contributed by atoms with Crippen LogP contribution in [0.5, 0.6) is 5.19 Å². The Morgan fingerprint density at radius 2 is 2.62 bits per heavy atom. The van der Waals surface area contributed by atoms with Crippen LogP contribution in [-0.4, -0.2) is 24.2 Å². The van der Waals surface area contributed by atoms with Crippen LogP contribution in [-0.2, 0) is 0 Å². The number of rotatable bonds is 2. The fraction of sp³-hybridized carbons (Fsp3) is 0.625. The molecule has 0 spiro atoms. The van der Waals surface area contributed by atoms with Crippen LogP contribution >= 0.6 is 22.9 Å². The molecule has 0 bridgehead atoms. The summed E-state index contributed by atoms with van der Waals surface area (Å²) in [6.45, 7) is 2.01. The van der Waals surface area contributed by atoms with Crippen LogP contribution in [0.15, 0.2) is 5.38 Å². The zero-order chi connectivity index (χ0) is 9.10. The van der Waals surface area contributed by atoms with Crippen LogP contribution in [0.1, 0.15) is 12.8 Å². The minimum absolute atomic E-state index is 0.260. The van der Waals surface area contributed by atoms with Gasteiger partial charge in [0.05, 0.1) is 0 Å². The topological polar surface area (TPSA) is 34.1 Å². The van der Waals surface area contributed by atoms with Crippen molar-refractivity contribution in [2.45, 2.75) is 18.9 Å². The maximum absolute atomic E-state index is 5.68. The molecule has 1 fully saturated rings. The predicted molar refractivity (Wildman–Crippen MR) is 53.6 cm³/mol. The molecule has 0 aliphatic carbocycles. The van der Waals surface area contributed by atoms with Gasteiger partial charge in [0.1, 0.15) is 11.3 Å². The van der Waals surface area contributed by atoms with Crippen LogP contribution < -0.4 is 10.1 Å². The molecule has 1 N–H and O–H groups in total. The molecule has 2 heterocycles. The zero-order valence-corrected chi connectivity index (χ0v) is 8.70. The number of nitrogens with zero attached hydrogens (tertiary/aromatic N) is 1. The van der Waals surface area contributed by atoms with E-state index in [2.05, 4.69) is 10.3 Å². The third kappa shape index (κ3) is 2.56. The highest BCUT2D eigenvalue weighted by molar-refractivity contribution is 7.11. The molecule has 1 saturated heterocycles. The molecular weight excluding hydrogens is 208 g/mol. The highest BCUT2D eigenvalue weighted by atomic mass is 35.5. The van der Waals surface area contributed by atoms with Gasteiger partial charge in [-0.25, -0.2) is 0 Å². The Kier molecular flexibility index (Phi) is 3.03. The van der Waals surface area contributed by atoms with Gasteiger partial charge in [-0.2, -0.15) is 4.98 Å². The van der Waals surface area contributed by atoms with Crippen molar-refractivity contribution in [1.82, 2.24) is 10.3 Å². The van der Waals surface area contributed by atoms with Crippen molar-refractivity contribution in [3.8, 4) is 5.19 Å². The van der Waals surface area contributed by atoms with Crippen molar-refractivity contribution < 1.29 is 4.74 Å². The summed E-state index contributed by atoms with van der Waals surface area (Å²) in [5, 5.41) is 6.26. The fourth-order valence-corrected chi connectivity index (χ4v) is 2.21. The molecule has 3 nitrogen and oxygen atoms in total. The van der Waals surface area contributed by atoms with Gasteiger partial charge >= 0.3 is 0 Å². The van der Waals surface area contributed by atoms with Crippen LogP contribution in [0.4, 0.5) is 0 Å². The van der Waals surface area contributed by atoms with E-state index in [0.717, 1.165) is 19.5 Å². The largest absolute Gasteiger partial charge is 0.465 e. The Balaban J connectivity index is 1.89. The Bertz CT molecular complexity index is 273. The lowest BCUT2D eigenvalue weighted by molar-refractivity contribution is 0.166. The predicted octanol–water partition coefficient (Wildman–Crippen LogP) is 1.93. The highest BCUT2D eigenvalue weighted by Gasteiger charge is 2.15. The summed E-state index contributed by atoms with van der Waals surface area (Å²) >= 11 is 7.13. The lowest BCUT2D eigenvalue weighted by Gasteiger charge is -2.22. The second-order valence-corrected chi connectivity index (χ2v) is 4.23. The summed E-state index contributed by atoms with van der Waals surface area (Å²) in [7, 11) is 0. The van der Waals surface area contributed by atoms with E-state index in [-0.39, 0.29) is 6.10 Å². The Hall–Kier alpha value is -0.320. The van der Waals surface area contributed by atoms with E-state index in [4.69, 9.17) is 16.3 Å². The zero-order valence-electron chi connectivity index (χ0n) is 7.12. The average Bonchev–Trinajstić information content (AvgIpc) is 2.53. The summed E-state index contributed by atoms with van der Waals surface area (Å²) < 4.78 is 5.64. The molecule has 1 aromatic rings. The number of halogens is 1. The van der Waals surface area contributed by atoms with Crippen LogP contribution in [0, 0.1) is 0 Å². The second-order valence-electron chi connectivity index (χ2n) is 3.02. The molecular formula is C8H11ClN2OS. The molecule has 1 aliphatic heterocycles. The first-order valence-electron chi connectivity index (χ1n) is 4.33. The van der Waals surface area contributed by atoms with Gasteiger partial charge in [0.15, 0.2) is 0 Å². The maximum atomic E-state index is 5.68. The molecule has 2 rings (SSSR count). The van der Waals surface area contributed by atoms with Crippen LogP contribution in [0.2, 0.25) is 5.15 Å². The Morgan fingerprint density at radius 3 is 3.23 bits per heavy atom. The number of nitrogens with one attached hydrogen (secondary N) is 1. The maximum Gasteiger partial charge on any atom is 0.274 e. The van der Waals surface area contributed by atoms with E-state index in [1.807, 2.05) is 0 Å². The van der Waals surface area contributed by atoms with E-state index >= 15 is 0 Å². The van der Waals surface area contributed by atoms with E-state index < -0.39 is 0 Å². The standard InChI is InChI=1S/C8H11ClN2OS/c9-7-5-13-8(11-7)12-6-2-1-3-10-4-6/h5-6,10H,1-4H2/t6-/m0/s1. The lowest BCUT2D eigenvalue weighted by Crippen LogP contribution is -2.37. The summed E-state index contributed by atoms with van der Waals surface area (Å²) in [5.74, 6) is 0. The molecule has 72 valence electrons. The second kappa shape index (κ2) is 4.26. The van der Waals surface area contributed by atoms with E-state index in [1.165, 1.54) is 17.8 Å². The number of aromatic nitrogens is 1. The molecule has 0 amide bonds. The molecule has 0 radical (unpaired) electrons. The number of piperidine rings is 1. The number of hydrogen-bond donors (Lipinski definition) is 1. The molecule has 0 unspecified atom stereocenters. The minimum Gasteiger partial charge on any atom is -0.465 e. The van der Waals surface area contributed by atoms with E-state index in [9.17, 15) is 0 Å². The van der Waals surface area contributed by atoms with Crippen molar-refractivity contribution >= 4 is 22.9 Å². The third-order valence-corrected chi connectivity index (χ3v) is 3.03. The van der Waals surface area contributed by atoms with Crippen molar-refractivity contribution in [1.29, 1.82) is 0 Å². The highest BCUT2D eigenvalue weighted by Crippen LogP contribution is 2.23. The first kappa shape index (κ1) is 9.24. The molecule has 1 aliphatic rings. The first-order valence-corrected chi connectivity index (χ1v) is 5.59. The third-order valence-electron chi connectivity index (χ3n) is 1.97. The Labute approximate surface area is 86.1 Å². The van der Waals surface area contributed by atoms with Gasteiger partial charge in [-0.1, -0.05) is 22.9 Å². The monoisotopic (exact) mass is 218 g/mol. The van der Waals surface area contributed by atoms with Crippen molar-refractivity contribution in [3.63, 3.8) is 0 Å². The van der Waals surface area contributed by atoms with E-state index in [0.29, 0.717) is 10.3 Å². The normalized spacial score (nSPS) is 23.0. The van der Waals surface area contributed by atoms with Gasteiger partial charge in [-0.3, -0.25) is 0 Å². The average molecular weight is 219 g/mol. The van der Waals surface area contributed by atoms with Gasteiger partial charge in [0, 0.05) is 11.9 Å². The molecule has 5 heteroatoms. The van der Waals surface area contributed by atoms with Crippen LogP contribution in [0.25, 0.3) is 0 Å². The van der Waals surface area contributed by atoms with Gasteiger partial charge in [0.25, 0.3) is 5.19 Å². The first-order chi connectivity index (χ1) is 6.34. The summed E-state index contributed by atoms with van der Waals surface area (Å²) in [4.78, 5) is 4.04. The number of hydrogen-bond acceptors (Lipinski definition) is 4. The van der Waals surface area contributed by atoms with Crippen molar-refractivity contribution in [3.05, 3.63) is 10.5 Å². The number of thiazole rings is 1. The molecule has 1 atom stereocenters. The Morgan fingerprint density at radius 1 is 1.69 bits per heavy atom. The van der Waals surface area contributed by atoms with Crippen molar-refractivity contribution in [2.75, 3.05) is 13.1 Å². The SMILES string of the molecule is Clc1csc(O[C@H]2CCCNC2)n1. The summed E-state index contributed by atoms with van der Waals surface area (Å²) in [6, 6.07) is 0. The molecule has 0 saturated carbocycles. The van der Waals surface area contributed by atoms with E-state index in [1.54, 1.807) is 5.38 Å².